The highest BCUT2D eigenvalue weighted by molar-refractivity contribution is 7.91. The van der Waals surface area contributed by atoms with Gasteiger partial charge in [0.2, 0.25) is 11.9 Å². The SMILES string of the molecule is CCCCOC(=O)NC(=NS(=O)(=O)C(F)(F)F)NC(=O)CC. The highest BCUT2D eigenvalue weighted by Crippen LogP contribution is 2.24. The van der Waals surface area contributed by atoms with Crippen molar-refractivity contribution in [3.05, 3.63) is 0 Å². The van der Waals surface area contributed by atoms with Crippen molar-refractivity contribution < 1.29 is 35.9 Å². The zero-order valence-electron chi connectivity index (χ0n) is 11.9. The number of hydrogen-bond donors (Lipinski definition) is 2. The van der Waals surface area contributed by atoms with Crippen molar-refractivity contribution in [3.63, 3.8) is 0 Å². The number of nitrogens with one attached hydrogen (secondary N) is 2. The second-order valence-electron chi connectivity index (χ2n) is 3.88. The van der Waals surface area contributed by atoms with Gasteiger partial charge in [0.1, 0.15) is 0 Å². The number of unbranched alkanes of at least 4 members (excludes halogenated alkanes) is 1. The van der Waals surface area contributed by atoms with Crippen molar-refractivity contribution >= 4 is 28.0 Å². The molecule has 0 aliphatic carbocycles. The zero-order chi connectivity index (χ0) is 17.4. The minimum Gasteiger partial charge on any atom is -0.449 e. The van der Waals surface area contributed by atoms with Crippen LogP contribution in [0.1, 0.15) is 33.1 Å². The topological polar surface area (TPSA) is 114 Å². The molecule has 0 aliphatic rings. The van der Waals surface area contributed by atoms with Gasteiger partial charge in [0.25, 0.3) is 0 Å². The number of ether oxygens (including phenoxy) is 1. The minimum atomic E-state index is -5.92. The molecule has 0 heterocycles. The summed E-state index contributed by atoms with van der Waals surface area (Å²) in [4.78, 5) is 22.4. The van der Waals surface area contributed by atoms with Crippen LogP contribution < -0.4 is 10.6 Å². The first-order chi connectivity index (χ1) is 10.0. The van der Waals surface area contributed by atoms with Crippen LogP contribution in [0.5, 0.6) is 0 Å². The lowest BCUT2D eigenvalue weighted by Crippen LogP contribution is -2.45. The lowest BCUT2D eigenvalue weighted by Gasteiger charge is -2.11. The van der Waals surface area contributed by atoms with Crippen molar-refractivity contribution in [2.45, 2.75) is 38.6 Å². The number of alkyl halides is 3. The number of alkyl carbamates (subject to hydrolysis) is 1. The number of nitrogens with zero attached hydrogens (tertiary/aromatic N) is 1. The Morgan fingerprint density at radius 1 is 1.18 bits per heavy atom. The number of hydrogen-bond acceptors (Lipinski definition) is 5. The predicted molar refractivity (Wildman–Crippen MR) is 70.2 cm³/mol. The molecule has 2 N–H and O–H groups in total. The van der Waals surface area contributed by atoms with Crippen molar-refractivity contribution in [1.82, 2.24) is 10.6 Å². The fraction of sp³-hybridized carbons (Fsp3) is 0.700. The number of amides is 2. The fourth-order valence-electron chi connectivity index (χ4n) is 0.911. The molecule has 128 valence electrons. The maximum absolute atomic E-state index is 12.2. The van der Waals surface area contributed by atoms with Crippen LogP contribution in [0, 0.1) is 0 Å². The average Bonchev–Trinajstić information content (AvgIpc) is 2.36. The summed E-state index contributed by atoms with van der Waals surface area (Å²) < 4.78 is 65.5. The van der Waals surface area contributed by atoms with Gasteiger partial charge in [-0.25, -0.2) is 4.79 Å². The molecule has 0 unspecified atom stereocenters. The zero-order valence-corrected chi connectivity index (χ0v) is 12.7. The van der Waals surface area contributed by atoms with E-state index in [9.17, 15) is 31.2 Å². The van der Waals surface area contributed by atoms with Gasteiger partial charge in [-0.3, -0.25) is 15.4 Å². The van der Waals surface area contributed by atoms with Crippen LogP contribution in [-0.2, 0) is 19.6 Å². The monoisotopic (exact) mass is 347 g/mol. The Bertz CT molecular complexity index is 530. The van der Waals surface area contributed by atoms with Gasteiger partial charge in [0.15, 0.2) is 0 Å². The molecular formula is C10H16F3N3O5S. The summed E-state index contributed by atoms with van der Waals surface area (Å²) in [6, 6.07) is 0. The molecule has 0 aliphatic heterocycles. The molecule has 12 heteroatoms. The van der Waals surface area contributed by atoms with Crippen molar-refractivity contribution in [1.29, 1.82) is 0 Å². The molecule has 8 nitrogen and oxygen atoms in total. The molecule has 0 atom stereocenters. The van der Waals surface area contributed by atoms with E-state index in [1.807, 2.05) is 6.92 Å². The Hall–Kier alpha value is -1.85. The lowest BCUT2D eigenvalue weighted by atomic mass is 10.4. The van der Waals surface area contributed by atoms with Gasteiger partial charge in [-0.2, -0.15) is 21.6 Å². The Labute approximate surface area is 125 Å². The van der Waals surface area contributed by atoms with Crippen LogP contribution in [0.3, 0.4) is 0 Å². The van der Waals surface area contributed by atoms with E-state index < -0.39 is 33.5 Å². The molecule has 22 heavy (non-hydrogen) atoms. The van der Waals surface area contributed by atoms with Crippen LogP contribution in [0.25, 0.3) is 0 Å². The van der Waals surface area contributed by atoms with Gasteiger partial charge in [0.05, 0.1) is 6.61 Å². The van der Waals surface area contributed by atoms with Gasteiger partial charge in [-0.1, -0.05) is 20.3 Å². The van der Waals surface area contributed by atoms with Crippen molar-refractivity contribution in [2.24, 2.45) is 4.40 Å². The molecule has 0 radical (unpaired) electrons. The second kappa shape index (κ2) is 8.56. The van der Waals surface area contributed by atoms with Crippen LogP contribution in [0.4, 0.5) is 18.0 Å². The fourth-order valence-corrected chi connectivity index (χ4v) is 1.35. The summed E-state index contributed by atoms with van der Waals surface area (Å²) in [5.41, 5.74) is -5.66. The van der Waals surface area contributed by atoms with Crippen LogP contribution in [0.15, 0.2) is 4.40 Å². The normalized spacial score (nSPS) is 12.7. The van der Waals surface area contributed by atoms with E-state index in [1.54, 1.807) is 10.6 Å². The van der Waals surface area contributed by atoms with Crippen LogP contribution in [0.2, 0.25) is 0 Å². The number of sulfonamides is 1. The first kappa shape index (κ1) is 20.1. The van der Waals surface area contributed by atoms with E-state index in [4.69, 9.17) is 0 Å². The Morgan fingerprint density at radius 2 is 1.77 bits per heavy atom. The second-order valence-corrected chi connectivity index (χ2v) is 5.47. The quantitative estimate of drug-likeness (QED) is 0.441. The van der Waals surface area contributed by atoms with E-state index >= 15 is 0 Å². The van der Waals surface area contributed by atoms with Gasteiger partial charge in [-0.05, 0) is 6.42 Å². The minimum absolute atomic E-state index is 0.0244. The van der Waals surface area contributed by atoms with Crippen LogP contribution >= 0.6 is 0 Å². The Kier molecular flexibility index (Phi) is 7.84. The molecule has 0 spiro atoms. The molecule has 0 rings (SSSR count). The van der Waals surface area contributed by atoms with Gasteiger partial charge in [-0.15, -0.1) is 4.40 Å². The number of halogens is 3. The Balaban J connectivity index is 5.14. The summed E-state index contributed by atoms with van der Waals surface area (Å²) in [5, 5.41) is 3.38. The van der Waals surface area contributed by atoms with Crippen molar-refractivity contribution in [2.75, 3.05) is 6.61 Å². The molecule has 0 bridgehead atoms. The van der Waals surface area contributed by atoms with E-state index in [1.165, 1.54) is 6.92 Å². The third-order valence-corrected chi connectivity index (χ3v) is 3.04. The third-order valence-electron chi connectivity index (χ3n) is 2.03. The van der Waals surface area contributed by atoms with Crippen LogP contribution in [-0.4, -0.2) is 38.5 Å². The number of carbonyl (C=O) groups is 2. The third kappa shape index (κ3) is 7.24. The number of carbonyl (C=O) groups excluding carboxylic acids is 2. The summed E-state index contributed by atoms with van der Waals surface area (Å²) in [6.45, 7) is 3.15. The first-order valence-corrected chi connectivity index (χ1v) is 7.62. The number of rotatable bonds is 5. The molecule has 2 amide bonds. The van der Waals surface area contributed by atoms with Gasteiger partial charge in [0, 0.05) is 6.42 Å². The smallest absolute Gasteiger partial charge is 0.449 e. The largest absolute Gasteiger partial charge is 0.518 e. The van der Waals surface area contributed by atoms with Gasteiger partial charge < -0.3 is 4.74 Å². The van der Waals surface area contributed by atoms with E-state index in [0.29, 0.717) is 12.8 Å². The first-order valence-electron chi connectivity index (χ1n) is 6.18. The highest BCUT2D eigenvalue weighted by Gasteiger charge is 2.46. The summed E-state index contributed by atoms with van der Waals surface area (Å²) in [5.74, 6) is -2.02. The molecule has 0 saturated carbocycles. The molecule has 0 aromatic heterocycles. The maximum Gasteiger partial charge on any atom is 0.518 e. The van der Waals surface area contributed by atoms with Crippen molar-refractivity contribution in [3.8, 4) is 0 Å². The van der Waals surface area contributed by atoms with E-state index in [-0.39, 0.29) is 13.0 Å². The molecular weight excluding hydrogens is 331 g/mol. The standard InChI is InChI=1S/C10H16F3N3O5S/c1-3-5-6-21-9(18)15-8(14-7(17)4-2)16-22(19,20)10(11,12)13/h3-6H2,1-2H3,(H2,14,15,16,17,18). The maximum atomic E-state index is 12.2. The van der Waals surface area contributed by atoms with E-state index in [0.717, 1.165) is 0 Å². The van der Waals surface area contributed by atoms with Gasteiger partial charge >= 0.3 is 21.6 Å². The average molecular weight is 347 g/mol. The molecule has 0 aromatic rings. The summed E-state index contributed by atoms with van der Waals surface area (Å²) >= 11 is 0. The molecule has 0 aromatic carbocycles. The summed E-state index contributed by atoms with van der Waals surface area (Å²) in [6.07, 6.45) is -0.204. The van der Waals surface area contributed by atoms with E-state index in [2.05, 4.69) is 9.13 Å². The predicted octanol–water partition coefficient (Wildman–Crippen LogP) is 1.24. The number of guanidine groups is 1. The molecule has 0 saturated heterocycles. The summed E-state index contributed by atoms with van der Waals surface area (Å²) in [7, 11) is -5.92. The molecule has 0 fully saturated rings. The lowest BCUT2D eigenvalue weighted by molar-refractivity contribution is -0.119. The Morgan fingerprint density at radius 3 is 2.23 bits per heavy atom. The highest BCUT2D eigenvalue weighted by atomic mass is 32.2.